The normalized spacial score (nSPS) is 10.4. The first kappa shape index (κ1) is 8.74. The lowest BCUT2D eigenvalue weighted by molar-refractivity contribution is 0.540. The van der Waals surface area contributed by atoms with E-state index in [2.05, 4.69) is 9.97 Å². The summed E-state index contributed by atoms with van der Waals surface area (Å²) in [5, 5.41) is 0. The van der Waals surface area contributed by atoms with Crippen molar-refractivity contribution in [2.75, 3.05) is 5.73 Å². The molecular formula is C10H11N3O. The molecular weight excluding hydrogens is 178 g/mol. The molecule has 0 aliphatic rings. The molecule has 72 valence electrons. The molecule has 0 aliphatic carbocycles. The molecule has 4 heteroatoms. The third-order valence-corrected chi connectivity index (χ3v) is 2.06. The number of hydrogen-bond donors (Lipinski definition) is 1. The van der Waals surface area contributed by atoms with Gasteiger partial charge in [-0.25, -0.2) is 9.97 Å². The Bertz CT molecular complexity index is 425. The van der Waals surface area contributed by atoms with Gasteiger partial charge in [0.1, 0.15) is 11.6 Å². The van der Waals surface area contributed by atoms with Crippen molar-refractivity contribution in [2.24, 2.45) is 0 Å². The number of rotatable bonds is 1. The van der Waals surface area contributed by atoms with Crippen molar-refractivity contribution in [1.29, 1.82) is 0 Å². The number of aromatic nitrogens is 2. The molecule has 0 atom stereocenters. The summed E-state index contributed by atoms with van der Waals surface area (Å²) in [6.07, 6.45) is 1.65. The highest BCUT2D eigenvalue weighted by Gasteiger charge is 2.07. The van der Waals surface area contributed by atoms with E-state index in [-0.39, 0.29) is 0 Å². The second-order valence-corrected chi connectivity index (χ2v) is 3.13. The van der Waals surface area contributed by atoms with Crippen molar-refractivity contribution in [1.82, 2.24) is 9.97 Å². The first-order valence-electron chi connectivity index (χ1n) is 4.33. The van der Waals surface area contributed by atoms with Crippen LogP contribution in [0.4, 0.5) is 5.82 Å². The van der Waals surface area contributed by atoms with Crippen molar-refractivity contribution in [2.45, 2.75) is 13.8 Å². The number of hydrogen-bond acceptors (Lipinski definition) is 4. The number of nitrogens with two attached hydrogens (primary N) is 1. The van der Waals surface area contributed by atoms with E-state index in [1.54, 1.807) is 12.3 Å². The smallest absolute Gasteiger partial charge is 0.228 e. The molecule has 0 fully saturated rings. The maximum atomic E-state index is 5.48. The average Bonchev–Trinajstić information content (AvgIpc) is 2.48. The summed E-state index contributed by atoms with van der Waals surface area (Å²) in [4.78, 5) is 8.23. The predicted octanol–water partition coefficient (Wildman–Crippen LogP) is 1.94. The molecule has 0 saturated carbocycles. The first-order valence-corrected chi connectivity index (χ1v) is 4.33. The number of pyridine rings is 1. The Balaban J connectivity index is 2.44. The lowest BCUT2D eigenvalue weighted by Gasteiger charge is -1.94. The molecule has 0 bridgehead atoms. The minimum Gasteiger partial charge on any atom is -0.441 e. The minimum atomic E-state index is 0.494. The van der Waals surface area contributed by atoms with E-state index in [0.29, 0.717) is 11.7 Å². The van der Waals surface area contributed by atoms with Crippen LogP contribution in [0.5, 0.6) is 0 Å². The largest absolute Gasteiger partial charge is 0.441 e. The van der Waals surface area contributed by atoms with Crippen LogP contribution in [0.1, 0.15) is 11.5 Å². The third-order valence-electron chi connectivity index (χ3n) is 2.06. The molecule has 2 heterocycles. The van der Waals surface area contributed by atoms with E-state index in [4.69, 9.17) is 10.2 Å². The summed E-state index contributed by atoms with van der Waals surface area (Å²) < 4.78 is 5.45. The zero-order valence-corrected chi connectivity index (χ0v) is 8.11. The molecule has 2 aromatic rings. The molecule has 0 aliphatic heterocycles. The lowest BCUT2D eigenvalue weighted by Crippen LogP contribution is -1.88. The SMILES string of the molecule is Cc1nc(-c2ccc(N)nc2)oc1C. The van der Waals surface area contributed by atoms with E-state index >= 15 is 0 Å². The highest BCUT2D eigenvalue weighted by atomic mass is 16.4. The molecule has 2 aromatic heterocycles. The first-order chi connectivity index (χ1) is 6.66. The fourth-order valence-corrected chi connectivity index (χ4v) is 1.13. The monoisotopic (exact) mass is 189 g/mol. The predicted molar refractivity (Wildman–Crippen MR) is 53.6 cm³/mol. The molecule has 2 rings (SSSR count). The Hall–Kier alpha value is -1.84. The minimum absolute atomic E-state index is 0.494. The molecule has 0 aromatic carbocycles. The fourth-order valence-electron chi connectivity index (χ4n) is 1.13. The molecule has 0 saturated heterocycles. The lowest BCUT2D eigenvalue weighted by atomic mass is 10.3. The van der Waals surface area contributed by atoms with Crippen LogP contribution in [0.2, 0.25) is 0 Å². The average molecular weight is 189 g/mol. The maximum absolute atomic E-state index is 5.48. The molecule has 4 nitrogen and oxygen atoms in total. The van der Waals surface area contributed by atoms with Crippen LogP contribution in [0.15, 0.2) is 22.7 Å². The van der Waals surface area contributed by atoms with E-state index in [1.807, 2.05) is 19.9 Å². The highest BCUT2D eigenvalue weighted by molar-refractivity contribution is 5.54. The number of nitrogens with zero attached hydrogens (tertiary/aromatic N) is 2. The zero-order valence-electron chi connectivity index (χ0n) is 8.11. The highest BCUT2D eigenvalue weighted by Crippen LogP contribution is 2.20. The fraction of sp³-hybridized carbons (Fsp3) is 0.200. The van der Waals surface area contributed by atoms with Gasteiger partial charge in [0.15, 0.2) is 0 Å². The second-order valence-electron chi connectivity index (χ2n) is 3.13. The molecule has 2 N–H and O–H groups in total. The van der Waals surface area contributed by atoms with Crippen LogP contribution in [0.25, 0.3) is 11.5 Å². The maximum Gasteiger partial charge on any atom is 0.228 e. The van der Waals surface area contributed by atoms with E-state index < -0.39 is 0 Å². The molecule has 14 heavy (non-hydrogen) atoms. The Morgan fingerprint density at radius 3 is 2.57 bits per heavy atom. The Labute approximate surface area is 81.8 Å². The van der Waals surface area contributed by atoms with Crippen LogP contribution >= 0.6 is 0 Å². The van der Waals surface area contributed by atoms with Gasteiger partial charge in [-0.1, -0.05) is 0 Å². The number of aryl methyl sites for hydroxylation is 2. The van der Waals surface area contributed by atoms with Crippen molar-refractivity contribution in [3.05, 3.63) is 29.8 Å². The zero-order chi connectivity index (χ0) is 10.1. The van der Waals surface area contributed by atoms with Crippen LogP contribution < -0.4 is 5.73 Å². The van der Waals surface area contributed by atoms with E-state index in [0.717, 1.165) is 17.0 Å². The van der Waals surface area contributed by atoms with Gasteiger partial charge in [-0.2, -0.15) is 0 Å². The van der Waals surface area contributed by atoms with Gasteiger partial charge < -0.3 is 10.2 Å². The molecule has 0 amide bonds. The van der Waals surface area contributed by atoms with Crippen LogP contribution in [-0.4, -0.2) is 9.97 Å². The molecule has 0 spiro atoms. The van der Waals surface area contributed by atoms with Gasteiger partial charge in [-0.15, -0.1) is 0 Å². The van der Waals surface area contributed by atoms with Gasteiger partial charge in [-0.3, -0.25) is 0 Å². The summed E-state index contributed by atoms with van der Waals surface area (Å²) in [6, 6.07) is 3.57. The standard InChI is InChI=1S/C10H11N3O/c1-6-7(2)14-10(13-6)8-3-4-9(11)12-5-8/h3-5H,1-2H3,(H2,11,12). The molecule has 0 radical (unpaired) electrons. The van der Waals surface area contributed by atoms with Crippen molar-refractivity contribution >= 4 is 5.82 Å². The number of oxazole rings is 1. The van der Waals surface area contributed by atoms with Crippen molar-refractivity contribution in [3.63, 3.8) is 0 Å². The topological polar surface area (TPSA) is 64.9 Å². The van der Waals surface area contributed by atoms with Gasteiger partial charge in [0, 0.05) is 6.20 Å². The van der Waals surface area contributed by atoms with E-state index in [1.165, 1.54) is 0 Å². The molecule has 0 unspecified atom stereocenters. The van der Waals surface area contributed by atoms with Crippen LogP contribution in [0, 0.1) is 13.8 Å². The Morgan fingerprint density at radius 1 is 1.29 bits per heavy atom. The second kappa shape index (κ2) is 3.14. The van der Waals surface area contributed by atoms with Gasteiger partial charge in [0.2, 0.25) is 5.89 Å². The quantitative estimate of drug-likeness (QED) is 0.744. The summed E-state index contributed by atoms with van der Waals surface area (Å²) in [6.45, 7) is 3.80. The van der Waals surface area contributed by atoms with Crippen LogP contribution in [0.3, 0.4) is 0 Å². The summed E-state index contributed by atoms with van der Waals surface area (Å²) in [5.74, 6) is 1.91. The number of nitrogen functional groups attached to an aromatic ring is 1. The number of anilines is 1. The van der Waals surface area contributed by atoms with E-state index in [9.17, 15) is 0 Å². The van der Waals surface area contributed by atoms with Crippen molar-refractivity contribution < 1.29 is 4.42 Å². The van der Waals surface area contributed by atoms with Gasteiger partial charge in [0.25, 0.3) is 0 Å². The third kappa shape index (κ3) is 1.46. The van der Waals surface area contributed by atoms with Gasteiger partial charge in [-0.05, 0) is 26.0 Å². The van der Waals surface area contributed by atoms with Crippen LogP contribution in [-0.2, 0) is 0 Å². The van der Waals surface area contributed by atoms with Gasteiger partial charge >= 0.3 is 0 Å². The summed E-state index contributed by atoms with van der Waals surface area (Å²) in [7, 11) is 0. The van der Waals surface area contributed by atoms with Crippen molar-refractivity contribution in [3.8, 4) is 11.5 Å². The van der Waals surface area contributed by atoms with Gasteiger partial charge in [0.05, 0.1) is 11.3 Å². The summed E-state index contributed by atoms with van der Waals surface area (Å²) >= 11 is 0. The summed E-state index contributed by atoms with van der Waals surface area (Å²) in [5.41, 5.74) is 7.22. The Kier molecular flexibility index (Phi) is 1.96. The Morgan fingerprint density at radius 2 is 2.07 bits per heavy atom.